The normalized spacial score (nSPS) is 15.0. The zero-order valence-electron chi connectivity index (χ0n) is 20.6. The van der Waals surface area contributed by atoms with Crippen LogP contribution in [0, 0.1) is 17.4 Å². The molecule has 38 heavy (non-hydrogen) atoms. The van der Waals surface area contributed by atoms with Gasteiger partial charge in [-0.05, 0) is 91.4 Å². The van der Waals surface area contributed by atoms with Crippen LogP contribution in [0.5, 0.6) is 11.5 Å². The number of ether oxygens (including phenoxy) is 1. The molecule has 0 unspecified atom stereocenters. The van der Waals surface area contributed by atoms with Gasteiger partial charge in [0.1, 0.15) is 10.5 Å². The highest BCUT2D eigenvalue weighted by Crippen LogP contribution is 2.37. The molecule has 1 N–H and O–H groups in total. The van der Waals surface area contributed by atoms with Gasteiger partial charge in [0.25, 0.3) is 11.8 Å². The third-order valence-corrected chi connectivity index (χ3v) is 7.58. The highest BCUT2D eigenvalue weighted by Gasteiger charge is 2.37. The molecule has 1 aliphatic heterocycles. The molecule has 9 nitrogen and oxygen atoms in total. The number of halogens is 1. The second-order valence-corrected chi connectivity index (χ2v) is 11.1. The molecule has 1 fully saturated rings. The van der Waals surface area contributed by atoms with Crippen LogP contribution in [-0.2, 0) is 19.7 Å². The molecular weight excluding hydrogens is 623 g/mol. The van der Waals surface area contributed by atoms with E-state index >= 15 is 0 Å². The predicted molar refractivity (Wildman–Crippen MR) is 150 cm³/mol. The monoisotopic (exact) mass is 646 g/mol. The summed E-state index contributed by atoms with van der Waals surface area (Å²) in [5, 5.41) is 2.18. The van der Waals surface area contributed by atoms with Crippen LogP contribution in [0.4, 0.5) is 10.5 Å². The van der Waals surface area contributed by atoms with Crippen molar-refractivity contribution in [2.24, 2.45) is 0 Å². The lowest BCUT2D eigenvalue weighted by Gasteiger charge is -2.26. The summed E-state index contributed by atoms with van der Waals surface area (Å²) in [6, 6.07) is 15.1. The third-order valence-electron chi connectivity index (χ3n) is 5.54. The van der Waals surface area contributed by atoms with Gasteiger partial charge in [0.2, 0.25) is 0 Å². The maximum atomic E-state index is 13.2. The molecular formula is C27H23IN2O7S. The molecule has 1 heterocycles. The molecule has 0 bridgehead atoms. The fourth-order valence-electron chi connectivity index (χ4n) is 3.63. The molecule has 3 aromatic carbocycles. The number of carbonyl (C=O) groups excluding carboxylic acids is 3. The lowest BCUT2D eigenvalue weighted by Crippen LogP contribution is -2.54. The van der Waals surface area contributed by atoms with Crippen LogP contribution in [0.15, 0.2) is 71.1 Å². The average molecular weight is 646 g/mol. The molecule has 11 heteroatoms. The molecule has 4 rings (SSSR count). The smallest absolute Gasteiger partial charge is 0.339 e. The second kappa shape index (κ2) is 11.0. The minimum absolute atomic E-state index is 0.0159. The minimum Gasteiger partial charge on any atom is -0.490 e. The summed E-state index contributed by atoms with van der Waals surface area (Å²) in [5.74, 6) is -1.56. The van der Waals surface area contributed by atoms with Crippen LogP contribution in [0.1, 0.15) is 23.6 Å². The Labute approximate surface area is 233 Å². The van der Waals surface area contributed by atoms with Crippen molar-refractivity contribution >= 4 is 62.3 Å². The Morgan fingerprint density at radius 3 is 2.16 bits per heavy atom. The molecule has 0 saturated carbocycles. The number of nitrogens with zero attached hydrogens (tertiary/aromatic N) is 1. The zero-order valence-corrected chi connectivity index (χ0v) is 23.6. The number of anilines is 1. The first-order chi connectivity index (χ1) is 18.0. The molecule has 0 spiro atoms. The van der Waals surface area contributed by atoms with Crippen molar-refractivity contribution in [3.05, 3.63) is 86.5 Å². The van der Waals surface area contributed by atoms with E-state index in [1.165, 1.54) is 24.3 Å². The Bertz CT molecular complexity index is 1560. The van der Waals surface area contributed by atoms with Gasteiger partial charge in [-0.25, -0.2) is 9.69 Å². The van der Waals surface area contributed by atoms with Gasteiger partial charge in [-0.2, -0.15) is 8.42 Å². The van der Waals surface area contributed by atoms with Crippen molar-refractivity contribution in [3.8, 4) is 11.5 Å². The Morgan fingerprint density at radius 2 is 1.55 bits per heavy atom. The number of benzene rings is 3. The van der Waals surface area contributed by atoms with E-state index < -0.39 is 28.0 Å². The summed E-state index contributed by atoms with van der Waals surface area (Å²) in [6.45, 7) is 5.63. The number of urea groups is 1. The highest BCUT2D eigenvalue weighted by atomic mass is 127. The van der Waals surface area contributed by atoms with E-state index in [0.717, 1.165) is 16.0 Å². The van der Waals surface area contributed by atoms with Crippen molar-refractivity contribution in [2.75, 3.05) is 11.5 Å². The van der Waals surface area contributed by atoms with Crippen molar-refractivity contribution < 1.29 is 31.7 Å². The minimum atomic E-state index is -4.16. The molecule has 0 atom stereocenters. The molecule has 1 saturated heterocycles. The first kappa shape index (κ1) is 27.3. The Balaban J connectivity index is 1.72. The fraction of sp³-hybridized carbons (Fsp3) is 0.148. The maximum Gasteiger partial charge on any atom is 0.339 e. The molecule has 0 aliphatic carbocycles. The SMILES string of the molecule is CCOc1cc(/C=C2\C(=O)NC(=O)N(c3ccc(C)cc3)C2=O)cc(I)c1OS(=O)(=O)c1ccc(C)cc1. The van der Waals surface area contributed by atoms with Gasteiger partial charge in [-0.3, -0.25) is 14.9 Å². The summed E-state index contributed by atoms with van der Waals surface area (Å²) in [7, 11) is -4.16. The molecule has 0 radical (unpaired) electrons. The number of nitrogens with one attached hydrogen (secondary N) is 1. The van der Waals surface area contributed by atoms with Gasteiger partial charge < -0.3 is 8.92 Å². The molecule has 0 aromatic heterocycles. The van der Waals surface area contributed by atoms with E-state index in [9.17, 15) is 22.8 Å². The number of carbonyl (C=O) groups is 3. The second-order valence-electron chi connectivity index (χ2n) is 8.41. The summed E-state index contributed by atoms with van der Waals surface area (Å²) in [4.78, 5) is 39.1. The predicted octanol–water partition coefficient (Wildman–Crippen LogP) is 4.74. The molecule has 3 aromatic rings. The van der Waals surface area contributed by atoms with Gasteiger partial charge >= 0.3 is 16.1 Å². The quantitative estimate of drug-likeness (QED) is 0.171. The topological polar surface area (TPSA) is 119 Å². The largest absolute Gasteiger partial charge is 0.490 e. The average Bonchev–Trinajstić information content (AvgIpc) is 2.85. The fourth-order valence-corrected chi connectivity index (χ4v) is 5.47. The van der Waals surface area contributed by atoms with E-state index in [0.29, 0.717) is 14.8 Å². The maximum absolute atomic E-state index is 13.2. The molecule has 196 valence electrons. The van der Waals surface area contributed by atoms with Crippen molar-refractivity contribution in [1.82, 2.24) is 5.32 Å². The van der Waals surface area contributed by atoms with Crippen molar-refractivity contribution in [2.45, 2.75) is 25.7 Å². The van der Waals surface area contributed by atoms with Crippen molar-refractivity contribution in [1.29, 1.82) is 0 Å². The summed E-state index contributed by atoms with van der Waals surface area (Å²) in [6.07, 6.45) is 1.31. The van der Waals surface area contributed by atoms with Crippen molar-refractivity contribution in [3.63, 3.8) is 0 Å². The number of barbiturate groups is 1. The zero-order chi connectivity index (χ0) is 27.6. The number of rotatable bonds is 7. The van der Waals surface area contributed by atoms with E-state index in [2.05, 4.69) is 5.32 Å². The number of hydrogen-bond acceptors (Lipinski definition) is 7. The van der Waals surface area contributed by atoms with E-state index in [1.54, 1.807) is 49.4 Å². The lowest BCUT2D eigenvalue weighted by atomic mass is 10.1. The van der Waals surface area contributed by atoms with E-state index in [1.807, 2.05) is 36.4 Å². The number of amides is 4. The van der Waals surface area contributed by atoms with Gasteiger partial charge in [-0.15, -0.1) is 0 Å². The van der Waals surface area contributed by atoms with Crippen LogP contribution < -0.4 is 19.1 Å². The summed E-state index contributed by atoms with van der Waals surface area (Å²) < 4.78 is 37.3. The first-order valence-corrected chi connectivity index (χ1v) is 13.9. The standard InChI is InChI=1S/C27H23IN2O7S/c1-4-36-23-15-18(14-22(28)24(23)37-38(34,35)20-11-7-17(3)8-12-20)13-21-25(31)29-27(33)30(26(21)32)19-9-5-16(2)6-10-19/h5-15H,4H2,1-3H3,(H,29,31,33)/b21-13+. The molecule has 1 aliphatic rings. The van der Waals surface area contributed by atoms with Crippen LogP contribution in [0.25, 0.3) is 6.08 Å². The Kier molecular flexibility index (Phi) is 7.88. The van der Waals surface area contributed by atoms with Gasteiger partial charge in [0.15, 0.2) is 11.5 Å². The van der Waals surface area contributed by atoms with Crippen LogP contribution in [-0.4, -0.2) is 32.9 Å². The highest BCUT2D eigenvalue weighted by molar-refractivity contribution is 14.1. The third kappa shape index (κ3) is 5.73. The van der Waals surface area contributed by atoms with Gasteiger partial charge in [-0.1, -0.05) is 35.4 Å². The Morgan fingerprint density at radius 1 is 0.947 bits per heavy atom. The number of hydrogen-bond donors (Lipinski definition) is 1. The molecule has 4 amide bonds. The summed E-state index contributed by atoms with van der Waals surface area (Å²) in [5.41, 5.74) is 2.25. The van der Waals surface area contributed by atoms with E-state index in [-0.39, 0.29) is 28.6 Å². The Hall–Kier alpha value is -3.71. The van der Waals surface area contributed by atoms with Crippen LogP contribution >= 0.6 is 22.6 Å². The summed E-state index contributed by atoms with van der Waals surface area (Å²) >= 11 is 1.89. The van der Waals surface area contributed by atoms with Crippen LogP contribution in [0.2, 0.25) is 0 Å². The number of imide groups is 2. The van der Waals surface area contributed by atoms with Gasteiger partial charge in [0, 0.05) is 0 Å². The van der Waals surface area contributed by atoms with E-state index in [4.69, 9.17) is 8.92 Å². The van der Waals surface area contributed by atoms with Crippen LogP contribution in [0.3, 0.4) is 0 Å². The first-order valence-electron chi connectivity index (χ1n) is 11.5. The lowest BCUT2D eigenvalue weighted by molar-refractivity contribution is -0.122. The number of aryl methyl sites for hydroxylation is 2. The van der Waals surface area contributed by atoms with Gasteiger partial charge in [0.05, 0.1) is 15.9 Å².